The second kappa shape index (κ2) is 45.9. The van der Waals surface area contributed by atoms with Gasteiger partial charge in [0.05, 0.1) is 51.9 Å². The first kappa shape index (κ1) is 92.7. The summed E-state index contributed by atoms with van der Waals surface area (Å²) in [7, 11) is 0. The minimum absolute atomic E-state index is 0. The van der Waals surface area contributed by atoms with Crippen molar-refractivity contribution in [2.24, 2.45) is 0 Å². The summed E-state index contributed by atoms with van der Waals surface area (Å²) in [5, 5.41) is 11.9. The summed E-state index contributed by atoms with van der Waals surface area (Å²) in [6.45, 7) is 0. The molecule has 0 spiro atoms. The van der Waals surface area contributed by atoms with Gasteiger partial charge in [0.15, 0.2) is 23.2 Å². The van der Waals surface area contributed by atoms with Crippen LogP contribution in [0.3, 0.4) is 0 Å². The number of hydrogen-bond donors (Lipinski definition) is 6. The molecule has 18 rings (SSSR count). The Morgan fingerprint density at radius 2 is 0.586 bits per heavy atom. The Morgan fingerprint density at radius 1 is 0.345 bits per heavy atom. The number of hydrogen-bond acceptors (Lipinski definition) is 14. The van der Waals surface area contributed by atoms with Gasteiger partial charge in [0.2, 0.25) is 34.1 Å². The highest BCUT2D eigenvalue weighted by Gasteiger charge is 2.50. The predicted octanol–water partition coefficient (Wildman–Crippen LogP) is 21.9. The van der Waals surface area contributed by atoms with E-state index in [1.54, 1.807) is 0 Å². The Bertz CT molecular complexity index is 3460. The van der Waals surface area contributed by atoms with Gasteiger partial charge in [0, 0.05) is 96.7 Å². The zero-order valence-corrected chi connectivity index (χ0v) is 70.8. The molecular formula is C94H142Cl2FIN12O6. The summed E-state index contributed by atoms with van der Waals surface area (Å²) in [5.41, 5.74) is 19.5. The van der Waals surface area contributed by atoms with Gasteiger partial charge in [-0.15, -0.1) is 0 Å². The average Bonchev–Trinajstić information content (AvgIpc) is 1.62. The molecule has 10 heterocycles. The first-order valence-electron chi connectivity index (χ1n) is 44.4. The number of nitrogens with zero attached hydrogens (tertiary/aromatic N) is 6. The van der Waals surface area contributed by atoms with E-state index in [-0.39, 0.29) is 77.3 Å². The first-order chi connectivity index (χ1) is 55.2. The lowest BCUT2D eigenvalue weighted by Gasteiger charge is -2.47. The van der Waals surface area contributed by atoms with Gasteiger partial charge >= 0.3 is 0 Å². The van der Waals surface area contributed by atoms with Gasteiger partial charge in [0.25, 0.3) is 0 Å². The molecule has 12 fully saturated rings. The Kier molecular flexibility index (Phi) is 36.6. The van der Waals surface area contributed by atoms with Crippen LogP contribution >= 0.6 is 46.4 Å². The van der Waals surface area contributed by atoms with E-state index in [0.29, 0.717) is 59.4 Å². The highest BCUT2D eigenvalue weighted by Crippen LogP contribution is 2.48. The molecule has 18 nitrogen and oxygen atoms in total. The number of amides is 4. The molecule has 8 bridgehead atoms. The molecule has 4 saturated carbocycles. The fourth-order valence-corrected chi connectivity index (χ4v) is 24.0. The molecule has 4 unspecified atom stereocenters. The van der Waals surface area contributed by atoms with Crippen molar-refractivity contribution in [3.63, 3.8) is 0 Å². The number of carbonyl (C=O) groups is 6. The van der Waals surface area contributed by atoms with E-state index < -0.39 is 10.5 Å². The van der Waals surface area contributed by atoms with Crippen LogP contribution in [0.1, 0.15) is 311 Å². The van der Waals surface area contributed by atoms with E-state index in [0.717, 1.165) is 120 Å². The monoisotopic (exact) mass is 1750 g/mol. The van der Waals surface area contributed by atoms with Gasteiger partial charge < -0.3 is 42.5 Å². The van der Waals surface area contributed by atoms with Crippen LogP contribution in [0.15, 0.2) is 97.1 Å². The molecule has 12 atom stereocenters. The van der Waals surface area contributed by atoms with E-state index in [1.165, 1.54) is 244 Å². The molecular weight excluding hydrogens is 1610 g/mol. The fourth-order valence-electron chi connectivity index (χ4n) is 23.7. The molecule has 14 aliphatic rings. The molecule has 4 aliphatic carbocycles. The fraction of sp³-hybridized carbons (Fsp3) is 0.681. The number of para-hydroxylation sites is 8. The van der Waals surface area contributed by atoms with Crippen molar-refractivity contribution in [3.05, 3.63) is 97.1 Å². The molecule has 4 amide bonds. The SMILES string of the molecule is C.C.C.FI.Nc1ccccc1NC1C[C@H]2CC[C@@H](C1)N2C1CCCCCC1.Nc1ccccc1NC1C[C@H]2CC[C@@H](C1)N2C1CCCCCC1.O=C(Cl)CC(=O)Cl.O=C1CC(=O)N(C2C[C@H]3CC[C@@H](C2)N3C2CCCCCCC2)c2ccccc2N1.O=C1CC(=O)N(C2C[C@H]3CC[C@@H](C2)N3C2CCCCCCC2)c2ccccc2N1. The highest BCUT2D eigenvalue weighted by molar-refractivity contribution is 14.1. The number of nitrogens with two attached hydrogens (primary N) is 2. The van der Waals surface area contributed by atoms with Crippen LogP contribution in [0.5, 0.6) is 0 Å². The maximum atomic E-state index is 13.0. The second-order valence-electron chi connectivity index (χ2n) is 35.6. The summed E-state index contributed by atoms with van der Waals surface area (Å²) < 4.78 is 9.47. The minimum Gasteiger partial charge on any atom is -0.397 e. The summed E-state index contributed by atoms with van der Waals surface area (Å²) in [4.78, 5) is 85.4. The average molecular weight is 1750 g/mol. The maximum Gasteiger partial charge on any atom is 0.236 e. The quantitative estimate of drug-likeness (QED) is 0.0255. The van der Waals surface area contributed by atoms with E-state index in [9.17, 15) is 31.6 Å². The van der Waals surface area contributed by atoms with Gasteiger partial charge in [-0.2, -0.15) is 2.86 Å². The number of anilines is 8. The van der Waals surface area contributed by atoms with E-state index >= 15 is 0 Å². The first-order valence-corrected chi connectivity index (χ1v) is 46.0. The summed E-state index contributed by atoms with van der Waals surface area (Å²) in [6, 6.07) is 42.4. The van der Waals surface area contributed by atoms with Crippen LogP contribution in [0.2, 0.25) is 0 Å². The Hall–Kier alpha value is -5.62. The third kappa shape index (κ3) is 24.0. The second-order valence-corrected chi connectivity index (χ2v) is 36.4. The molecule has 8 N–H and O–H groups in total. The van der Waals surface area contributed by atoms with Crippen LogP contribution in [0, 0.1) is 0 Å². The van der Waals surface area contributed by atoms with Crippen molar-refractivity contribution in [2.75, 3.05) is 42.5 Å². The number of nitrogen functional groups attached to an aromatic ring is 2. The topological polar surface area (TPSA) is 222 Å². The van der Waals surface area contributed by atoms with Gasteiger partial charge in [-0.1, -0.05) is 186 Å². The largest absolute Gasteiger partial charge is 0.397 e. The van der Waals surface area contributed by atoms with Crippen molar-refractivity contribution in [1.29, 1.82) is 0 Å². The van der Waals surface area contributed by atoms with Crippen molar-refractivity contribution in [2.45, 2.75) is 408 Å². The van der Waals surface area contributed by atoms with Crippen LogP contribution < -0.4 is 42.5 Å². The summed E-state index contributed by atoms with van der Waals surface area (Å²) >= 11 is 10.1. The van der Waals surface area contributed by atoms with Crippen LogP contribution in [0.4, 0.5) is 48.4 Å². The van der Waals surface area contributed by atoms with Crippen LogP contribution in [0.25, 0.3) is 0 Å². The lowest BCUT2D eigenvalue weighted by molar-refractivity contribution is -0.127. The summed E-state index contributed by atoms with van der Waals surface area (Å²) in [6.07, 6.45) is 56.2. The zero-order chi connectivity index (χ0) is 78.7. The third-order valence-electron chi connectivity index (χ3n) is 28.3. The number of halogens is 4. The van der Waals surface area contributed by atoms with E-state index in [2.05, 4.69) is 65.1 Å². The minimum atomic E-state index is -0.722. The van der Waals surface area contributed by atoms with Crippen LogP contribution in [-0.2, 0) is 28.8 Å². The molecule has 0 radical (unpaired) electrons. The van der Waals surface area contributed by atoms with E-state index in [4.69, 9.17) is 34.7 Å². The van der Waals surface area contributed by atoms with Crippen molar-refractivity contribution >= 4 is 126 Å². The number of rotatable bonds is 12. The Balaban J connectivity index is 0.000000157. The molecule has 116 heavy (non-hydrogen) atoms. The van der Waals surface area contributed by atoms with Gasteiger partial charge in [-0.3, -0.25) is 48.4 Å². The normalized spacial score (nSPS) is 29.3. The van der Waals surface area contributed by atoms with Crippen molar-refractivity contribution in [1.82, 2.24) is 19.6 Å². The van der Waals surface area contributed by atoms with Crippen LogP contribution in [-0.4, -0.2) is 150 Å². The Morgan fingerprint density at radius 3 is 0.845 bits per heavy atom. The Labute approximate surface area is 719 Å². The highest BCUT2D eigenvalue weighted by atomic mass is 127. The number of piperidine rings is 4. The molecule has 10 aliphatic heterocycles. The van der Waals surface area contributed by atoms with Crippen molar-refractivity contribution < 1.29 is 31.6 Å². The maximum absolute atomic E-state index is 13.0. The molecule has 0 aromatic heterocycles. The number of carbonyl (C=O) groups excluding carboxylic acids is 6. The van der Waals surface area contributed by atoms with Gasteiger partial charge in [0.1, 0.15) is 12.8 Å². The van der Waals surface area contributed by atoms with Gasteiger partial charge in [-0.25, -0.2) is 0 Å². The standard InChI is InChI=1S/2C24H33N3O2.2C20H31N3.C3H2Cl2O2.3CH4.FI/c2*28-23-16-24(29)27(22-11-7-6-10-21(22)25-23)20-14-18-12-13-19(15-20)26(18)17-8-4-2-1-3-5-9-17;2*21-19-9-5-6-10-20(19)22-15-13-17-11-12-18(14-15)23(17)16-7-3-1-2-4-8-16;4-2(6)1-3(5)7;;;;1-2/h2*6-7,10-11,17-20H,1-5,8-9,12-16H2,(H,25,28);2*5-6,9-10,15-18,22H,1-4,7-8,11-14,21H2;1H2;3*1H4;/t2*18-,19+,20?;2*15?,17-,18+;;;;;. The molecule has 4 aromatic rings. The van der Waals surface area contributed by atoms with Crippen molar-refractivity contribution in [3.8, 4) is 0 Å². The smallest absolute Gasteiger partial charge is 0.236 e. The zero-order valence-electron chi connectivity index (χ0n) is 67.1. The number of benzene rings is 4. The number of nitrogens with one attached hydrogen (secondary N) is 4. The molecule has 22 heteroatoms. The molecule has 4 aromatic carbocycles. The lowest BCUT2D eigenvalue weighted by Crippen LogP contribution is -2.55. The number of fused-ring (bicyclic) bond motifs is 10. The lowest BCUT2D eigenvalue weighted by atomic mass is 9.89. The molecule has 8 saturated heterocycles. The predicted molar refractivity (Wildman–Crippen MR) is 487 cm³/mol. The van der Waals surface area contributed by atoms with E-state index in [1.807, 2.05) is 82.6 Å². The molecule has 642 valence electrons. The van der Waals surface area contributed by atoms with Gasteiger partial charge in [-0.05, 0) is 226 Å². The summed E-state index contributed by atoms with van der Waals surface area (Å²) in [5.74, 6) is -0.479. The third-order valence-corrected chi connectivity index (χ3v) is 28.5.